The van der Waals surface area contributed by atoms with Crippen LogP contribution in [0.15, 0.2) is 42.7 Å². The average Bonchev–Trinajstić information content (AvgIpc) is 3.16. The van der Waals surface area contributed by atoms with Crippen molar-refractivity contribution in [1.29, 1.82) is 0 Å². The number of piperidine rings is 1. The van der Waals surface area contributed by atoms with Crippen LogP contribution in [0.4, 0.5) is 4.79 Å². The van der Waals surface area contributed by atoms with E-state index in [1.165, 1.54) is 0 Å². The van der Waals surface area contributed by atoms with Gasteiger partial charge in [-0.15, -0.1) is 0 Å². The van der Waals surface area contributed by atoms with Gasteiger partial charge in [-0.2, -0.15) is 0 Å². The van der Waals surface area contributed by atoms with Crippen molar-refractivity contribution in [2.75, 3.05) is 13.2 Å². The van der Waals surface area contributed by atoms with Gasteiger partial charge in [0.15, 0.2) is 0 Å². The lowest BCUT2D eigenvalue weighted by Gasteiger charge is -2.36. The molecule has 1 aliphatic heterocycles. The first-order chi connectivity index (χ1) is 12.3. The van der Waals surface area contributed by atoms with Crippen LogP contribution in [0.3, 0.4) is 0 Å². The van der Waals surface area contributed by atoms with Crippen molar-refractivity contribution in [3.05, 3.63) is 54.1 Å². The molecule has 2 aromatic rings. The molecule has 0 bridgehead atoms. The number of hydrogen-bond donors (Lipinski definition) is 3. The number of carbonyl (C=O) groups excluding carboxylic acids is 1. The van der Waals surface area contributed by atoms with E-state index in [2.05, 4.69) is 15.3 Å². The summed E-state index contributed by atoms with van der Waals surface area (Å²) in [6.07, 6.45) is 7.86. The third-order valence-electron chi connectivity index (χ3n) is 4.80. The highest BCUT2D eigenvalue weighted by molar-refractivity contribution is 5.75. The second-order valence-electron chi connectivity index (χ2n) is 6.51. The van der Waals surface area contributed by atoms with Crippen LogP contribution in [0.5, 0.6) is 0 Å². The Bertz CT molecular complexity index is 643. The number of aliphatic hydroxyl groups excluding tert-OH is 1. The van der Waals surface area contributed by atoms with Crippen LogP contribution in [0.25, 0.3) is 0 Å². The van der Waals surface area contributed by atoms with E-state index in [0.29, 0.717) is 12.8 Å². The van der Waals surface area contributed by atoms with E-state index >= 15 is 0 Å². The van der Waals surface area contributed by atoms with Gasteiger partial charge in [0.05, 0.1) is 6.04 Å². The lowest BCUT2D eigenvalue weighted by Crippen LogP contribution is -2.50. The van der Waals surface area contributed by atoms with Gasteiger partial charge in [0, 0.05) is 38.0 Å². The number of aliphatic hydroxyl groups is 1. The first-order valence-corrected chi connectivity index (χ1v) is 8.99. The fraction of sp³-hybridized carbons (Fsp3) is 0.474. The summed E-state index contributed by atoms with van der Waals surface area (Å²) in [5, 5.41) is 12.5. The summed E-state index contributed by atoms with van der Waals surface area (Å²) in [7, 11) is 0. The van der Waals surface area contributed by atoms with Crippen LogP contribution in [0, 0.1) is 0 Å². The van der Waals surface area contributed by atoms with Crippen molar-refractivity contribution in [2.24, 2.45) is 0 Å². The van der Waals surface area contributed by atoms with E-state index < -0.39 is 0 Å². The summed E-state index contributed by atoms with van der Waals surface area (Å²) < 4.78 is 0. The minimum Gasteiger partial charge on any atom is -0.396 e. The molecule has 2 amide bonds. The number of urea groups is 1. The maximum absolute atomic E-state index is 12.9. The average molecular weight is 342 g/mol. The molecule has 134 valence electrons. The fourth-order valence-electron chi connectivity index (χ4n) is 3.49. The van der Waals surface area contributed by atoms with Gasteiger partial charge < -0.3 is 20.3 Å². The van der Waals surface area contributed by atoms with Crippen molar-refractivity contribution >= 4 is 6.03 Å². The van der Waals surface area contributed by atoms with Crippen LogP contribution in [-0.4, -0.2) is 45.2 Å². The number of aromatic nitrogens is 2. The van der Waals surface area contributed by atoms with Gasteiger partial charge in [0.1, 0.15) is 5.82 Å². The van der Waals surface area contributed by atoms with Crippen LogP contribution in [-0.2, 0) is 6.42 Å². The fourth-order valence-corrected chi connectivity index (χ4v) is 3.49. The number of aromatic amines is 1. The molecule has 3 rings (SSSR count). The molecule has 1 aromatic carbocycles. The largest absolute Gasteiger partial charge is 0.396 e. The molecule has 25 heavy (non-hydrogen) atoms. The Morgan fingerprint density at radius 1 is 1.36 bits per heavy atom. The molecule has 2 heterocycles. The molecular formula is C19H26N4O2. The molecule has 0 spiro atoms. The van der Waals surface area contributed by atoms with Gasteiger partial charge in [-0.3, -0.25) is 0 Å². The van der Waals surface area contributed by atoms with Crippen LogP contribution in [0.1, 0.15) is 43.1 Å². The molecule has 0 radical (unpaired) electrons. The molecular weight excluding hydrogens is 316 g/mol. The predicted octanol–water partition coefficient (Wildman–Crippen LogP) is 2.64. The van der Waals surface area contributed by atoms with E-state index in [1.807, 2.05) is 35.2 Å². The van der Waals surface area contributed by atoms with Gasteiger partial charge in [-0.1, -0.05) is 30.3 Å². The number of hydrogen-bond acceptors (Lipinski definition) is 3. The molecule has 6 heteroatoms. The van der Waals surface area contributed by atoms with E-state index in [1.54, 1.807) is 12.4 Å². The van der Waals surface area contributed by atoms with Crippen LogP contribution >= 0.6 is 0 Å². The maximum Gasteiger partial charge on any atom is 0.318 e. The molecule has 2 atom stereocenters. The summed E-state index contributed by atoms with van der Waals surface area (Å²) in [4.78, 5) is 22.2. The molecule has 1 fully saturated rings. The number of nitrogens with one attached hydrogen (secondary N) is 2. The van der Waals surface area contributed by atoms with Crippen LogP contribution in [0.2, 0.25) is 0 Å². The quantitative estimate of drug-likeness (QED) is 0.755. The van der Waals surface area contributed by atoms with E-state index in [-0.39, 0.29) is 24.7 Å². The summed E-state index contributed by atoms with van der Waals surface area (Å²) in [6, 6.07) is 9.90. The van der Waals surface area contributed by atoms with E-state index in [4.69, 9.17) is 0 Å². The molecule has 1 aliphatic rings. The van der Waals surface area contributed by atoms with Crippen molar-refractivity contribution < 1.29 is 9.90 Å². The summed E-state index contributed by atoms with van der Waals surface area (Å²) >= 11 is 0. The van der Waals surface area contributed by atoms with Gasteiger partial charge in [-0.25, -0.2) is 9.78 Å². The lowest BCUT2D eigenvalue weighted by atomic mass is 9.99. The van der Waals surface area contributed by atoms with E-state index in [0.717, 1.165) is 37.2 Å². The molecule has 1 aromatic heterocycles. The minimum atomic E-state index is -0.142. The van der Waals surface area contributed by atoms with Crippen LogP contribution < -0.4 is 5.32 Å². The number of benzene rings is 1. The third kappa shape index (κ3) is 4.60. The number of nitrogens with zero attached hydrogens (tertiary/aromatic N) is 2. The minimum absolute atomic E-state index is 0.0569. The molecule has 0 aliphatic carbocycles. The number of imidazole rings is 1. The number of likely N-dealkylation sites (tertiary alicyclic amines) is 1. The molecule has 1 saturated heterocycles. The van der Waals surface area contributed by atoms with Crippen molar-refractivity contribution in [1.82, 2.24) is 20.2 Å². The third-order valence-corrected chi connectivity index (χ3v) is 4.80. The van der Waals surface area contributed by atoms with Gasteiger partial charge >= 0.3 is 6.03 Å². The molecule has 6 nitrogen and oxygen atoms in total. The first-order valence-electron chi connectivity index (χ1n) is 8.99. The van der Waals surface area contributed by atoms with Gasteiger partial charge in [-0.05, 0) is 31.2 Å². The number of amides is 2. The first kappa shape index (κ1) is 17.5. The maximum atomic E-state index is 12.9. The Kier molecular flexibility index (Phi) is 6.06. The zero-order valence-electron chi connectivity index (χ0n) is 14.4. The SMILES string of the molecule is O=C(NC(Cc1ncc[nH]1)c1ccccc1)N1CCCCC1CCO. The Balaban J connectivity index is 1.73. The second-order valence-corrected chi connectivity index (χ2v) is 6.51. The Morgan fingerprint density at radius 2 is 2.20 bits per heavy atom. The smallest absolute Gasteiger partial charge is 0.318 e. The normalized spacial score (nSPS) is 18.8. The molecule has 2 unspecified atom stereocenters. The van der Waals surface area contributed by atoms with Gasteiger partial charge in [0.2, 0.25) is 0 Å². The van der Waals surface area contributed by atoms with E-state index in [9.17, 15) is 9.90 Å². The zero-order chi connectivity index (χ0) is 17.5. The Labute approximate surface area is 148 Å². The number of H-pyrrole nitrogens is 1. The Morgan fingerprint density at radius 3 is 2.92 bits per heavy atom. The second kappa shape index (κ2) is 8.67. The highest BCUT2D eigenvalue weighted by atomic mass is 16.3. The number of rotatable bonds is 6. The topological polar surface area (TPSA) is 81.2 Å². The zero-order valence-corrected chi connectivity index (χ0v) is 14.4. The highest BCUT2D eigenvalue weighted by Gasteiger charge is 2.28. The van der Waals surface area contributed by atoms with Crippen molar-refractivity contribution in [3.8, 4) is 0 Å². The summed E-state index contributed by atoms with van der Waals surface area (Å²) in [6.45, 7) is 0.863. The Hall–Kier alpha value is -2.34. The van der Waals surface area contributed by atoms with Crippen molar-refractivity contribution in [3.63, 3.8) is 0 Å². The standard InChI is InChI=1S/C19H26N4O2/c24-13-9-16-8-4-5-12-23(16)19(25)22-17(14-18-20-10-11-21-18)15-6-2-1-3-7-15/h1-3,6-7,10-11,16-17,24H,4-5,8-9,12-14H2,(H,20,21)(H,22,25). The summed E-state index contributed by atoms with van der Waals surface area (Å²) in [5.74, 6) is 0.847. The monoisotopic (exact) mass is 342 g/mol. The lowest BCUT2D eigenvalue weighted by molar-refractivity contribution is 0.129. The summed E-state index contributed by atoms with van der Waals surface area (Å²) in [5.41, 5.74) is 1.06. The molecule has 0 saturated carbocycles. The predicted molar refractivity (Wildman–Crippen MR) is 96.1 cm³/mol. The van der Waals surface area contributed by atoms with Crippen molar-refractivity contribution in [2.45, 2.75) is 44.2 Å². The molecule has 3 N–H and O–H groups in total. The highest BCUT2D eigenvalue weighted by Crippen LogP contribution is 2.22. The number of carbonyl (C=O) groups is 1. The van der Waals surface area contributed by atoms with Gasteiger partial charge in [0.25, 0.3) is 0 Å².